The van der Waals surface area contributed by atoms with Gasteiger partial charge in [-0.2, -0.15) is 5.26 Å². The van der Waals surface area contributed by atoms with Gasteiger partial charge in [-0.25, -0.2) is 0 Å². The first-order valence-corrected chi connectivity index (χ1v) is 5.25. The fourth-order valence-corrected chi connectivity index (χ4v) is 1.78. The number of ether oxygens (including phenoxy) is 1. The molecule has 1 aromatic carbocycles. The summed E-state index contributed by atoms with van der Waals surface area (Å²) < 4.78 is 5.22. The van der Waals surface area contributed by atoms with Gasteiger partial charge in [0.05, 0.1) is 12.7 Å². The fraction of sp³-hybridized carbons (Fsp3) is 0.143. The van der Waals surface area contributed by atoms with Gasteiger partial charge in [0.1, 0.15) is 11.8 Å². The second-order valence-electron chi connectivity index (χ2n) is 3.72. The van der Waals surface area contributed by atoms with E-state index < -0.39 is 0 Å². The largest absolute Gasteiger partial charge is 0.496 e. The molecule has 0 N–H and O–H groups in total. The number of methoxy groups -OCH3 is 1. The molecule has 0 spiro atoms. The van der Waals surface area contributed by atoms with E-state index in [2.05, 4.69) is 11.1 Å². The van der Waals surface area contributed by atoms with Gasteiger partial charge in [0.2, 0.25) is 0 Å². The van der Waals surface area contributed by atoms with Crippen molar-refractivity contribution in [1.29, 1.82) is 5.26 Å². The zero-order valence-corrected chi connectivity index (χ0v) is 9.77. The zero-order valence-electron chi connectivity index (χ0n) is 9.77. The zero-order chi connectivity index (χ0) is 12.3. The predicted molar refractivity (Wildman–Crippen MR) is 65.7 cm³/mol. The quantitative estimate of drug-likeness (QED) is 0.787. The van der Waals surface area contributed by atoms with E-state index in [4.69, 9.17) is 10.00 Å². The van der Waals surface area contributed by atoms with Gasteiger partial charge < -0.3 is 4.74 Å². The molecule has 0 atom stereocenters. The highest BCUT2D eigenvalue weighted by Crippen LogP contribution is 2.27. The van der Waals surface area contributed by atoms with E-state index in [1.54, 1.807) is 19.5 Å². The van der Waals surface area contributed by atoms with Crippen LogP contribution in [0.25, 0.3) is 11.1 Å². The maximum Gasteiger partial charge on any atom is 0.121 e. The molecular formula is C14H12N2O. The van der Waals surface area contributed by atoms with Crippen molar-refractivity contribution in [1.82, 2.24) is 4.98 Å². The number of pyridine rings is 1. The Labute approximate surface area is 100 Å². The molecule has 0 saturated heterocycles. The number of nitrogens with zero attached hydrogens (tertiary/aromatic N) is 2. The Hall–Kier alpha value is -2.34. The van der Waals surface area contributed by atoms with Gasteiger partial charge in [-0.05, 0) is 36.2 Å². The number of hydrogen-bond acceptors (Lipinski definition) is 3. The summed E-state index contributed by atoms with van der Waals surface area (Å²) >= 11 is 0. The van der Waals surface area contributed by atoms with Crippen molar-refractivity contribution in [3.8, 4) is 22.9 Å². The molecule has 0 radical (unpaired) electrons. The molecule has 0 aliphatic carbocycles. The molecule has 17 heavy (non-hydrogen) atoms. The lowest BCUT2D eigenvalue weighted by molar-refractivity contribution is 0.412. The third-order valence-corrected chi connectivity index (χ3v) is 2.65. The Balaban J connectivity index is 2.54. The molecule has 0 bridgehead atoms. The molecule has 0 fully saturated rings. The second kappa shape index (κ2) is 4.67. The first-order valence-electron chi connectivity index (χ1n) is 5.25. The van der Waals surface area contributed by atoms with E-state index in [-0.39, 0.29) is 0 Å². The van der Waals surface area contributed by atoms with Gasteiger partial charge in [0.15, 0.2) is 0 Å². The maximum atomic E-state index is 9.04. The van der Waals surface area contributed by atoms with Crippen LogP contribution in [0.2, 0.25) is 0 Å². The minimum absolute atomic E-state index is 0.581. The van der Waals surface area contributed by atoms with Crippen LogP contribution < -0.4 is 4.74 Å². The molecule has 3 heteroatoms. The second-order valence-corrected chi connectivity index (χ2v) is 3.72. The third kappa shape index (κ3) is 2.11. The summed E-state index contributed by atoms with van der Waals surface area (Å²) in [6, 6.07) is 9.86. The van der Waals surface area contributed by atoms with Crippen molar-refractivity contribution in [3.05, 3.63) is 47.8 Å². The van der Waals surface area contributed by atoms with Crippen molar-refractivity contribution < 1.29 is 4.74 Å². The van der Waals surface area contributed by atoms with Crippen LogP contribution in [0.15, 0.2) is 36.7 Å². The summed E-state index contributed by atoms with van der Waals surface area (Å²) in [4.78, 5) is 3.95. The molecule has 0 amide bonds. The average molecular weight is 224 g/mol. The molecule has 0 saturated carbocycles. The van der Waals surface area contributed by atoms with Crippen LogP contribution in [0.5, 0.6) is 5.75 Å². The van der Waals surface area contributed by atoms with Crippen molar-refractivity contribution in [3.63, 3.8) is 0 Å². The maximum absolute atomic E-state index is 9.04. The summed E-state index contributed by atoms with van der Waals surface area (Å²) in [6.07, 6.45) is 3.27. The number of nitriles is 1. The standard InChI is InChI=1S/C14H12N2O/c1-10-7-11(3-4-14(10)17-2)13-5-6-16-9-12(13)8-15/h3-7,9H,1-2H3. The summed E-state index contributed by atoms with van der Waals surface area (Å²) in [5.41, 5.74) is 3.53. The van der Waals surface area contributed by atoms with Crippen molar-refractivity contribution >= 4 is 0 Å². The minimum atomic E-state index is 0.581. The molecular weight excluding hydrogens is 212 g/mol. The Morgan fingerprint density at radius 1 is 1.29 bits per heavy atom. The first kappa shape index (κ1) is 11.2. The van der Waals surface area contributed by atoms with Gasteiger partial charge >= 0.3 is 0 Å². The highest BCUT2D eigenvalue weighted by atomic mass is 16.5. The molecule has 2 rings (SSSR count). The van der Waals surface area contributed by atoms with Gasteiger partial charge in [-0.1, -0.05) is 6.07 Å². The Morgan fingerprint density at radius 2 is 2.12 bits per heavy atom. The van der Waals surface area contributed by atoms with Crippen LogP contribution in [0, 0.1) is 18.3 Å². The molecule has 0 aliphatic heterocycles. The molecule has 1 heterocycles. The average Bonchev–Trinajstić information content (AvgIpc) is 2.38. The van der Waals surface area contributed by atoms with Gasteiger partial charge in [-0.3, -0.25) is 4.98 Å². The summed E-state index contributed by atoms with van der Waals surface area (Å²) in [6.45, 7) is 1.98. The van der Waals surface area contributed by atoms with E-state index >= 15 is 0 Å². The van der Waals surface area contributed by atoms with Crippen LogP contribution in [0.4, 0.5) is 0 Å². The molecule has 0 aliphatic rings. The molecule has 0 unspecified atom stereocenters. The van der Waals surface area contributed by atoms with E-state index in [9.17, 15) is 0 Å². The lowest BCUT2D eigenvalue weighted by Crippen LogP contribution is -1.90. The Kier molecular flexibility index (Phi) is 3.06. The molecule has 1 aromatic heterocycles. The van der Waals surface area contributed by atoms with Crippen LogP contribution in [-0.4, -0.2) is 12.1 Å². The number of aryl methyl sites for hydroxylation is 1. The fourth-order valence-electron chi connectivity index (χ4n) is 1.78. The van der Waals surface area contributed by atoms with E-state index in [1.165, 1.54) is 0 Å². The monoisotopic (exact) mass is 224 g/mol. The SMILES string of the molecule is COc1ccc(-c2ccncc2C#N)cc1C. The van der Waals surface area contributed by atoms with Gasteiger partial charge in [0, 0.05) is 18.0 Å². The Morgan fingerprint density at radius 3 is 2.76 bits per heavy atom. The highest BCUT2D eigenvalue weighted by Gasteiger charge is 2.06. The number of rotatable bonds is 2. The number of hydrogen-bond donors (Lipinski definition) is 0. The number of aromatic nitrogens is 1. The highest BCUT2D eigenvalue weighted by molar-refractivity contribution is 5.71. The van der Waals surface area contributed by atoms with Gasteiger partial charge in [-0.15, -0.1) is 0 Å². The Bertz CT molecular complexity index is 585. The van der Waals surface area contributed by atoms with Crippen LogP contribution in [0.1, 0.15) is 11.1 Å². The third-order valence-electron chi connectivity index (χ3n) is 2.65. The first-order chi connectivity index (χ1) is 8.26. The van der Waals surface area contributed by atoms with Gasteiger partial charge in [0.25, 0.3) is 0 Å². The smallest absolute Gasteiger partial charge is 0.121 e. The lowest BCUT2D eigenvalue weighted by Gasteiger charge is -2.08. The normalized spacial score (nSPS) is 9.71. The number of benzene rings is 1. The van der Waals surface area contributed by atoms with Crippen molar-refractivity contribution in [2.75, 3.05) is 7.11 Å². The van der Waals surface area contributed by atoms with Crippen LogP contribution >= 0.6 is 0 Å². The topological polar surface area (TPSA) is 45.9 Å². The summed E-state index contributed by atoms with van der Waals surface area (Å²) in [5, 5.41) is 9.04. The van der Waals surface area contributed by atoms with Crippen LogP contribution in [0.3, 0.4) is 0 Å². The van der Waals surface area contributed by atoms with E-state index in [0.29, 0.717) is 5.56 Å². The lowest BCUT2D eigenvalue weighted by atomic mass is 10.0. The van der Waals surface area contributed by atoms with E-state index in [1.807, 2.05) is 31.2 Å². The van der Waals surface area contributed by atoms with Crippen molar-refractivity contribution in [2.45, 2.75) is 6.92 Å². The minimum Gasteiger partial charge on any atom is -0.496 e. The summed E-state index contributed by atoms with van der Waals surface area (Å²) in [5.74, 6) is 0.848. The van der Waals surface area contributed by atoms with E-state index in [0.717, 1.165) is 22.4 Å². The molecule has 3 nitrogen and oxygen atoms in total. The predicted octanol–water partition coefficient (Wildman–Crippen LogP) is 2.94. The molecule has 84 valence electrons. The summed E-state index contributed by atoms with van der Waals surface area (Å²) in [7, 11) is 1.65. The molecule has 2 aromatic rings. The van der Waals surface area contributed by atoms with Crippen LogP contribution in [-0.2, 0) is 0 Å². The van der Waals surface area contributed by atoms with Crippen molar-refractivity contribution in [2.24, 2.45) is 0 Å².